The fourth-order valence-electron chi connectivity index (χ4n) is 1.94. The van der Waals surface area contributed by atoms with Gasteiger partial charge in [0.15, 0.2) is 5.16 Å². The third kappa shape index (κ3) is 4.94. The van der Waals surface area contributed by atoms with Crippen molar-refractivity contribution in [3.8, 4) is 0 Å². The molecule has 0 unspecified atom stereocenters. The van der Waals surface area contributed by atoms with Crippen LogP contribution in [0.4, 0.5) is 10.1 Å². The molecule has 0 aliphatic carbocycles. The minimum absolute atomic E-state index is 0.0252. The van der Waals surface area contributed by atoms with Crippen LogP contribution in [-0.4, -0.2) is 26.4 Å². The zero-order valence-corrected chi connectivity index (χ0v) is 14.7. The maximum absolute atomic E-state index is 13.1. The van der Waals surface area contributed by atoms with Crippen LogP contribution in [-0.2, 0) is 11.3 Å². The van der Waals surface area contributed by atoms with Gasteiger partial charge in [0.05, 0.1) is 10.8 Å². The van der Waals surface area contributed by atoms with Crippen molar-refractivity contribution in [1.29, 1.82) is 0 Å². The number of hydrogen-bond donors (Lipinski definition) is 1. The predicted octanol–water partition coefficient (Wildman–Crippen LogP) is 3.77. The van der Waals surface area contributed by atoms with E-state index in [1.165, 1.54) is 30.0 Å². The van der Waals surface area contributed by atoms with Gasteiger partial charge in [-0.25, -0.2) is 4.39 Å². The predicted molar refractivity (Wildman–Crippen MR) is 90.4 cm³/mol. The van der Waals surface area contributed by atoms with Gasteiger partial charge in [-0.2, -0.15) is 0 Å². The Labute approximate surface area is 143 Å². The van der Waals surface area contributed by atoms with Crippen LogP contribution in [0.1, 0.15) is 19.7 Å². The first kappa shape index (κ1) is 17.7. The summed E-state index contributed by atoms with van der Waals surface area (Å²) in [6.07, 6.45) is 0. The Kier molecular flexibility index (Phi) is 6.01. The number of carbonyl (C=O) groups excluding carboxylic acids is 1. The van der Waals surface area contributed by atoms with Gasteiger partial charge in [-0.15, -0.1) is 10.2 Å². The van der Waals surface area contributed by atoms with Crippen LogP contribution in [0.25, 0.3) is 0 Å². The third-order valence-corrected chi connectivity index (χ3v) is 4.24. The SMILES string of the molecule is Cc1nnc(SCC(=O)Nc2ccc(F)c(Cl)c2)n1CC(C)C. The lowest BCUT2D eigenvalue weighted by atomic mass is 10.2. The maximum atomic E-state index is 13.1. The fraction of sp³-hybridized carbons (Fsp3) is 0.400. The second-order valence-electron chi connectivity index (χ2n) is 5.50. The van der Waals surface area contributed by atoms with E-state index < -0.39 is 5.82 Å². The zero-order chi connectivity index (χ0) is 17.0. The second kappa shape index (κ2) is 7.79. The number of halogens is 2. The molecule has 0 fully saturated rings. The Balaban J connectivity index is 1.95. The summed E-state index contributed by atoms with van der Waals surface area (Å²) >= 11 is 7.00. The lowest BCUT2D eigenvalue weighted by Gasteiger charge is -2.10. The van der Waals surface area contributed by atoms with E-state index in [9.17, 15) is 9.18 Å². The van der Waals surface area contributed by atoms with Gasteiger partial charge in [0.2, 0.25) is 5.91 Å². The minimum atomic E-state index is -0.517. The molecule has 8 heteroatoms. The lowest BCUT2D eigenvalue weighted by molar-refractivity contribution is -0.113. The van der Waals surface area contributed by atoms with Gasteiger partial charge in [0.25, 0.3) is 0 Å². The molecule has 5 nitrogen and oxygen atoms in total. The molecule has 0 saturated heterocycles. The molecular weight excluding hydrogens is 339 g/mol. The Morgan fingerprint density at radius 1 is 1.43 bits per heavy atom. The van der Waals surface area contributed by atoms with Gasteiger partial charge in [-0.05, 0) is 31.0 Å². The number of anilines is 1. The average Bonchev–Trinajstić information content (AvgIpc) is 2.81. The summed E-state index contributed by atoms with van der Waals surface area (Å²) in [6, 6.07) is 4.06. The molecule has 2 rings (SSSR count). The van der Waals surface area contributed by atoms with E-state index in [4.69, 9.17) is 11.6 Å². The number of carbonyl (C=O) groups is 1. The minimum Gasteiger partial charge on any atom is -0.325 e. The van der Waals surface area contributed by atoms with Gasteiger partial charge in [0.1, 0.15) is 11.6 Å². The number of rotatable bonds is 6. The summed E-state index contributed by atoms with van der Waals surface area (Å²) in [6.45, 7) is 6.91. The van der Waals surface area contributed by atoms with Crippen molar-refractivity contribution in [2.75, 3.05) is 11.1 Å². The highest BCUT2D eigenvalue weighted by molar-refractivity contribution is 7.99. The highest BCUT2D eigenvalue weighted by atomic mass is 35.5. The number of aromatic nitrogens is 3. The van der Waals surface area contributed by atoms with E-state index in [1.807, 2.05) is 11.5 Å². The zero-order valence-electron chi connectivity index (χ0n) is 13.1. The van der Waals surface area contributed by atoms with E-state index in [2.05, 4.69) is 29.4 Å². The quantitative estimate of drug-likeness (QED) is 0.800. The molecule has 0 atom stereocenters. The molecule has 0 aliphatic heterocycles. The standard InChI is InChI=1S/C15H18ClFN4OS/c1-9(2)7-21-10(3)19-20-15(21)23-8-14(22)18-11-4-5-13(17)12(16)6-11/h4-6,9H,7-8H2,1-3H3,(H,18,22). The van der Waals surface area contributed by atoms with Crippen molar-refractivity contribution < 1.29 is 9.18 Å². The molecule has 1 aromatic carbocycles. The topological polar surface area (TPSA) is 59.8 Å². The molecule has 0 bridgehead atoms. The molecule has 23 heavy (non-hydrogen) atoms. The molecule has 0 aliphatic rings. The summed E-state index contributed by atoms with van der Waals surface area (Å²) in [4.78, 5) is 12.0. The summed E-state index contributed by atoms with van der Waals surface area (Å²) < 4.78 is 15.1. The molecule has 1 amide bonds. The van der Waals surface area contributed by atoms with E-state index in [-0.39, 0.29) is 16.7 Å². The summed E-state index contributed by atoms with van der Waals surface area (Å²) in [5, 5.41) is 11.5. The largest absolute Gasteiger partial charge is 0.325 e. The second-order valence-corrected chi connectivity index (χ2v) is 6.85. The number of benzene rings is 1. The number of hydrogen-bond acceptors (Lipinski definition) is 4. The van der Waals surface area contributed by atoms with Gasteiger partial charge >= 0.3 is 0 Å². The first-order chi connectivity index (χ1) is 10.9. The number of amides is 1. The van der Waals surface area contributed by atoms with Gasteiger partial charge in [0, 0.05) is 12.2 Å². The van der Waals surface area contributed by atoms with Crippen LogP contribution >= 0.6 is 23.4 Å². The number of thioether (sulfide) groups is 1. The molecule has 0 saturated carbocycles. The van der Waals surface area contributed by atoms with E-state index in [0.717, 1.165) is 12.4 Å². The maximum Gasteiger partial charge on any atom is 0.234 e. The molecule has 124 valence electrons. The summed E-state index contributed by atoms with van der Waals surface area (Å²) in [7, 11) is 0. The normalized spacial score (nSPS) is 11.0. The molecule has 0 radical (unpaired) electrons. The first-order valence-electron chi connectivity index (χ1n) is 7.14. The van der Waals surface area contributed by atoms with Crippen LogP contribution in [0.15, 0.2) is 23.4 Å². The van der Waals surface area contributed by atoms with Crippen LogP contribution in [0, 0.1) is 18.7 Å². The Morgan fingerprint density at radius 2 is 2.17 bits per heavy atom. The molecular formula is C15H18ClFN4OS. The first-order valence-corrected chi connectivity index (χ1v) is 8.50. The molecule has 1 aromatic heterocycles. The van der Waals surface area contributed by atoms with Gasteiger partial charge < -0.3 is 9.88 Å². The smallest absolute Gasteiger partial charge is 0.234 e. The number of aryl methyl sites for hydroxylation is 1. The molecule has 0 spiro atoms. The van der Waals surface area contributed by atoms with Crippen LogP contribution in [0.5, 0.6) is 0 Å². The van der Waals surface area contributed by atoms with E-state index in [1.54, 1.807) is 0 Å². The number of nitrogens with zero attached hydrogens (tertiary/aromatic N) is 3. The van der Waals surface area contributed by atoms with E-state index >= 15 is 0 Å². The summed E-state index contributed by atoms with van der Waals surface area (Å²) in [5.41, 5.74) is 0.460. The molecule has 1 heterocycles. The summed E-state index contributed by atoms with van der Waals surface area (Å²) in [5.74, 6) is 0.738. The number of nitrogens with one attached hydrogen (secondary N) is 1. The van der Waals surface area contributed by atoms with Crippen molar-refractivity contribution in [2.24, 2.45) is 5.92 Å². The Morgan fingerprint density at radius 3 is 2.83 bits per heavy atom. The molecule has 1 N–H and O–H groups in total. The third-order valence-electron chi connectivity index (χ3n) is 2.99. The Bertz CT molecular complexity index is 705. The van der Waals surface area contributed by atoms with Crippen LogP contribution in [0.2, 0.25) is 5.02 Å². The Hall–Kier alpha value is -1.60. The van der Waals surface area contributed by atoms with Gasteiger partial charge in [-0.3, -0.25) is 4.79 Å². The highest BCUT2D eigenvalue weighted by Crippen LogP contribution is 2.21. The van der Waals surface area contributed by atoms with Crippen molar-refractivity contribution >= 4 is 35.0 Å². The van der Waals surface area contributed by atoms with E-state index in [0.29, 0.717) is 16.8 Å². The van der Waals surface area contributed by atoms with Crippen molar-refractivity contribution in [3.63, 3.8) is 0 Å². The van der Waals surface area contributed by atoms with Crippen molar-refractivity contribution in [1.82, 2.24) is 14.8 Å². The van der Waals surface area contributed by atoms with Gasteiger partial charge in [-0.1, -0.05) is 37.2 Å². The van der Waals surface area contributed by atoms with Crippen molar-refractivity contribution in [3.05, 3.63) is 34.9 Å². The molecule has 2 aromatic rings. The average molecular weight is 357 g/mol. The highest BCUT2D eigenvalue weighted by Gasteiger charge is 2.13. The van der Waals surface area contributed by atoms with Crippen LogP contribution < -0.4 is 5.32 Å². The monoisotopic (exact) mass is 356 g/mol. The fourth-order valence-corrected chi connectivity index (χ4v) is 2.92. The van der Waals surface area contributed by atoms with Crippen LogP contribution in [0.3, 0.4) is 0 Å². The van der Waals surface area contributed by atoms with Crippen molar-refractivity contribution in [2.45, 2.75) is 32.5 Å². The lowest BCUT2D eigenvalue weighted by Crippen LogP contribution is -2.15.